The molecule has 2 fully saturated rings. The van der Waals surface area contributed by atoms with Crippen LogP contribution in [0.1, 0.15) is 12.0 Å². The van der Waals surface area contributed by atoms with Crippen LogP contribution in [0.3, 0.4) is 0 Å². The van der Waals surface area contributed by atoms with Crippen molar-refractivity contribution in [2.45, 2.75) is 19.0 Å². The highest BCUT2D eigenvalue weighted by Gasteiger charge is 2.25. The van der Waals surface area contributed by atoms with Crippen molar-refractivity contribution in [3.63, 3.8) is 0 Å². The van der Waals surface area contributed by atoms with Crippen LogP contribution in [0.2, 0.25) is 0 Å². The molecule has 1 unspecified atom stereocenters. The van der Waals surface area contributed by atoms with Gasteiger partial charge >= 0.3 is 0 Å². The third kappa shape index (κ3) is 4.33. The normalized spacial score (nSPS) is 20.8. The Morgan fingerprint density at radius 3 is 2.67 bits per heavy atom. The lowest BCUT2D eigenvalue weighted by Gasteiger charge is -2.28. The second-order valence-electron chi connectivity index (χ2n) is 6.90. The number of morpholine rings is 1. The Balaban J connectivity index is 1.36. The van der Waals surface area contributed by atoms with Crippen LogP contribution in [0.5, 0.6) is 0 Å². The molecule has 1 aromatic heterocycles. The molecule has 1 atom stereocenters. The number of ether oxygens (including phenoxy) is 1. The molecule has 8 heteroatoms. The van der Waals surface area contributed by atoms with E-state index >= 15 is 0 Å². The van der Waals surface area contributed by atoms with Gasteiger partial charge in [0, 0.05) is 50.5 Å². The van der Waals surface area contributed by atoms with E-state index in [9.17, 15) is 8.78 Å². The van der Waals surface area contributed by atoms with E-state index in [2.05, 4.69) is 20.2 Å². The van der Waals surface area contributed by atoms with E-state index in [1.54, 1.807) is 6.20 Å². The highest BCUT2D eigenvalue weighted by molar-refractivity contribution is 5.43. The summed E-state index contributed by atoms with van der Waals surface area (Å²) in [5, 5.41) is 3.36. The van der Waals surface area contributed by atoms with Crippen LogP contribution < -0.4 is 10.2 Å². The fraction of sp³-hybridized carbons (Fsp3) is 0.474. The fourth-order valence-electron chi connectivity index (χ4n) is 3.57. The maximum Gasteiger partial charge on any atom is 0.224 e. The molecule has 2 aliphatic heterocycles. The molecule has 0 saturated carbocycles. The van der Waals surface area contributed by atoms with Crippen molar-refractivity contribution in [1.82, 2.24) is 14.9 Å². The van der Waals surface area contributed by atoms with Crippen molar-refractivity contribution < 1.29 is 13.5 Å². The second-order valence-corrected chi connectivity index (χ2v) is 6.90. The van der Waals surface area contributed by atoms with Crippen LogP contribution in [0.25, 0.3) is 0 Å². The molecule has 3 heterocycles. The lowest BCUT2D eigenvalue weighted by Crippen LogP contribution is -2.37. The SMILES string of the molecule is Fc1cccc(F)c1CN1CCC(Nc2nccc(N3CCOCC3)n2)C1. The number of nitrogens with zero attached hydrogens (tertiary/aromatic N) is 4. The average molecular weight is 375 g/mol. The first-order valence-corrected chi connectivity index (χ1v) is 9.26. The monoisotopic (exact) mass is 375 g/mol. The molecule has 2 saturated heterocycles. The summed E-state index contributed by atoms with van der Waals surface area (Å²) in [6.45, 7) is 4.79. The Kier molecular flexibility index (Phi) is 5.45. The largest absolute Gasteiger partial charge is 0.378 e. The molecular formula is C19H23F2N5O. The molecule has 4 rings (SSSR count). The molecule has 6 nitrogen and oxygen atoms in total. The van der Waals surface area contributed by atoms with Crippen molar-refractivity contribution >= 4 is 11.8 Å². The van der Waals surface area contributed by atoms with Gasteiger partial charge in [0.1, 0.15) is 17.5 Å². The number of rotatable bonds is 5. The van der Waals surface area contributed by atoms with E-state index in [0.717, 1.165) is 31.9 Å². The average Bonchev–Trinajstić information content (AvgIpc) is 3.13. The van der Waals surface area contributed by atoms with Gasteiger partial charge in [-0.3, -0.25) is 4.90 Å². The van der Waals surface area contributed by atoms with Gasteiger partial charge in [-0.05, 0) is 24.6 Å². The van der Waals surface area contributed by atoms with Gasteiger partial charge in [-0.15, -0.1) is 0 Å². The molecular weight excluding hydrogens is 352 g/mol. The molecule has 0 spiro atoms. The smallest absolute Gasteiger partial charge is 0.224 e. The predicted molar refractivity (Wildman–Crippen MR) is 98.7 cm³/mol. The predicted octanol–water partition coefficient (Wildman–Crippen LogP) is 2.28. The quantitative estimate of drug-likeness (QED) is 0.865. The van der Waals surface area contributed by atoms with Crippen LogP contribution in [0, 0.1) is 11.6 Å². The molecule has 2 aromatic rings. The Labute approximate surface area is 157 Å². The van der Waals surface area contributed by atoms with E-state index in [1.165, 1.54) is 18.2 Å². The van der Waals surface area contributed by atoms with E-state index < -0.39 is 11.6 Å². The second kappa shape index (κ2) is 8.14. The standard InChI is InChI=1S/C19H23F2N5O/c20-16-2-1-3-17(21)15(16)13-25-7-5-14(12-25)23-19-22-6-4-18(24-19)26-8-10-27-11-9-26/h1-4,6,14H,5,7-13H2,(H,22,23,24). The lowest BCUT2D eigenvalue weighted by atomic mass is 10.2. The van der Waals surface area contributed by atoms with Crippen molar-refractivity contribution in [2.24, 2.45) is 0 Å². The zero-order valence-electron chi connectivity index (χ0n) is 15.1. The minimum absolute atomic E-state index is 0.128. The van der Waals surface area contributed by atoms with Gasteiger partial charge in [0.2, 0.25) is 5.95 Å². The van der Waals surface area contributed by atoms with Gasteiger partial charge in [-0.2, -0.15) is 4.98 Å². The molecule has 0 aliphatic carbocycles. The van der Waals surface area contributed by atoms with Crippen LogP contribution >= 0.6 is 0 Å². The fourth-order valence-corrected chi connectivity index (χ4v) is 3.57. The Hall–Kier alpha value is -2.32. The van der Waals surface area contributed by atoms with E-state index in [-0.39, 0.29) is 18.2 Å². The molecule has 0 bridgehead atoms. The summed E-state index contributed by atoms with van der Waals surface area (Å²) in [4.78, 5) is 13.1. The molecule has 1 N–H and O–H groups in total. The summed E-state index contributed by atoms with van der Waals surface area (Å²) in [6.07, 6.45) is 2.63. The summed E-state index contributed by atoms with van der Waals surface area (Å²) in [6, 6.07) is 6.05. The molecule has 2 aliphatic rings. The van der Waals surface area contributed by atoms with Crippen LogP contribution in [-0.2, 0) is 11.3 Å². The van der Waals surface area contributed by atoms with Gasteiger partial charge < -0.3 is 15.0 Å². The molecule has 144 valence electrons. The number of aromatic nitrogens is 2. The summed E-state index contributed by atoms with van der Waals surface area (Å²) >= 11 is 0. The van der Waals surface area contributed by atoms with Gasteiger partial charge in [0.15, 0.2) is 0 Å². The van der Waals surface area contributed by atoms with Crippen molar-refractivity contribution in [3.05, 3.63) is 47.7 Å². The van der Waals surface area contributed by atoms with Gasteiger partial charge in [0.25, 0.3) is 0 Å². The molecule has 27 heavy (non-hydrogen) atoms. The Morgan fingerprint density at radius 1 is 1.11 bits per heavy atom. The maximum absolute atomic E-state index is 13.9. The first-order chi connectivity index (χ1) is 13.2. The number of hydrogen-bond donors (Lipinski definition) is 1. The minimum Gasteiger partial charge on any atom is -0.378 e. The summed E-state index contributed by atoms with van der Waals surface area (Å²) in [5.41, 5.74) is 0.128. The first-order valence-electron chi connectivity index (χ1n) is 9.26. The van der Waals surface area contributed by atoms with E-state index in [4.69, 9.17) is 4.74 Å². The Bertz CT molecular complexity index is 764. The number of likely N-dealkylation sites (tertiary alicyclic amines) is 1. The van der Waals surface area contributed by atoms with Gasteiger partial charge in [-0.1, -0.05) is 6.07 Å². The van der Waals surface area contributed by atoms with Crippen LogP contribution in [0.4, 0.5) is 20.5 Å². The Morgan fingerprint density at radius 2 is 1.89 bits per heavy atom. The number of anilines is 2. The summed E-state index contributed by atoms with van der Waals surface area (Å²) in [7, 11) is 0. The highest BCUT2D eigenvalue weighted by atomic mass is 19.1. The highest BCUT2D eigenvalue weighted by Crippen LogP contribution is 2.20. The first kappa shape index (κ1) is 18.1. The third-order valence-electron chi connectivity index (χ3n) is 5.02. The molecule has 0 radical (unpaired) electrons. The lowest BCUT2D eigenvalue weighted by molar-refractivity contribution is 0.122. The van der Waals surface area contributed by atoms with Gasteiger partial charge in [0.05, 0.1) is 13.2 Å². The van der Waals surface area contributed by atoms with Crippen molar-refractivity contribution in [2.75, 3.05) is 49.6 Å². The maximum atomic E-state index is 13.9. The third-order valence-corrected chi connectivity index (χ3v) is 5.02. The topological polar surface area (TPSA) is 53.5 Å². The van der Waals surface area contributed by atoms with Crippen molar-refractivity contribution in [3.8, 4) is 0 Å². The van der Waals surface area contributed by atoms with Crippen LogP contribution in [0.15, 0.2) is 30.5 Å². The molecule has 1 aromatic carbocycles. The summed E-state index contributed by atoms with van der Waals surface area (Å²) < 4.78 is 33.1. The van der Waals surface area contributed by atoms with Crippen molar-refractivity contribution in [1.29, 1.82) is 0 Å². The van der Waals surface area contributed by atoms with Crippen LogP contribution in [-0.4, -0.2) is 60.3 Å². The van der Waals surface area contributed by atoms with Gasteiger partial charge in [-0.25, -0.2) is 13.8 Å². The number of benzene rings is 1. The minimum atomic E-state index is -0.493. The number of halogens is 2. The number of hydrogen-bond acceptors (Lipinski definition) is 6. The van der Waals surface area contributed by atoms with E-state index in [1.807, 2.05) is 11.0 Å². The zero-order chi connectivity index (χ0) is 18.6. The van der Waals surface area contributed by atoms with E-state index in [0.29, 0.717) is 25.7 Å². The molecule has 0 amide bonds. The zero-order valence-corrected chi connectivity index (χ0v) is 15.1. The summed E-state index contributed by atoms with van der Waals surface area (Å²) in [5.74, 6) is 0.489. The number of nitrogens with one attached hydrogen (secondary N) is 1.